The summed E-state index contributed by atoms with van der Waals surface area (Å²) in [6.07, 6.45) is 6.93. The number of hydrogen-bond donors (Lipinski definition) is 1. The Morgan fingerprint density at radius 3 is 2.82 bits per heavy atom. The van der Waals surface area contributed by atoms with E-state index in [0.717, 1.165) is 20.6 Å². The first-order chi connectivity index (χ1) is 8.08. The molecule has 1 saturated carbocycles. The first-order valence-corrected chi connectivity index (χ1v) is 7.73. The van der Waals surface area contributed by atoms with Crippen LogP contribution in [0.25, 0.3) is 0 Å². The van der Waals surface area contributed by atoms with Crippen molar-refractivity contribution in [2.45, 2.75) is 38.6 Å². The van der Waals surface area contributed by atoms with E-state index in [1.165, 1.54) is 25.7 Å². The molecule has 0 bridgehead atoms. The highest BCUT2D eigenvalue weighted by atomic mass is 79.9. The smallest absolute Gasteiger partial charge is 0.0716 e. The van der Waals surface area contributed by atoms with Gasteiger partial charge in [-0.25, -0.2) is 0 Å². The second-order valence-electron chi connectivity index (χ2n) is 5.08. The van der Waals surface area contributed by atoms with E-state index in [-0.39, 0.29) is 6.04 Å². The standard InChI is InChI=1S/C13H18Br2N2/c1-8-3-2-4-9(5-8)12(16)13-11(15)6-10(14)7-17-13/h6-9,12H,2-5,16H2,1H3. The molecule has 2 rings (SSSR count). The Labute approximate surface area is 120 Å². The minimum Gasteiger partial charge on any atom is -0.322 e. The molecule has 2 N–H and O–H groups in total. The molecule has 3 atom stereocenters. The van der Waals surface area contributed by atoms with Crippen molar-refractivity contribution in [2.24, 2.45) is 17.6 Å². The van der Waals surface area contributed by atoms with Crippen molar-refractivity contribution in [3.05, 3.63) is 26.9 Å². The van der Waals surface area contributed by atoms with Gasteiger partial charge in [0.05, 0.1) is 11.7 Å². The lowest BCUT2D eigenvalue weighted by Crippen LogP contribution is -2.27. The Morgan fingerprint density at radius 1 is 1.41 bits per heavy atom. The molecule has 0 amide bonds. The molecule has 94 valence electrons. The molecule has 1 heterocycles. The first kappa shape index (κ1) is 13.5. The van der Waals surface area contributed by atoms with Gasteiger partial charge in [0.2, 0.25) is 0 Å². The molecule has 2 nitrogen and oxygen atoms in total. The van der Waals surface area contributed by atoms with Crippen molar-refractivity contribution in [3.8, 4) is 0 Å². The molecular weight excluding hydrogens is 344 g/mol. The summed E-state index contributed by atoms with van der Waals surface area (Å²) in [7, 11) is 0. The Bertz CT molecular complexity index is 395. The molecule has 3 unspecified atom stereocenters. The molecule has 0 aromatic carbocycles. The summed E-state index contributed by atoms with van der Waals surface area (Å²) >= 11 is 6.97. The lowest BCUT2D eigenvalue weighted by molar-refractivity contribution is 0.245. The van der Waals surface area contributed by atoms with Gasteiger partial charge in [0.1, 0.15) is 0 Å². The predicted octanol–water partition coefficient (Wildman–Crippen LogP) is 4.43. The minimum absolute atomic E-state index is 0.0558. The molecule has 1 aromatic rings. The van der Waals surface area contributed by atoms with Gasteiger partial charge >= 0.3 is 0 Å². The zero-order valence-electron chi connectivity index (χ0n) is 10.00. The number of hydrogen-bond acceptors (Lipinski definition) is 2. The molecule has 1 aliphatic rings. The van der Waals surface area contributed by atoms with Crippen LogP contribution in [0.2, 0.25) is 0 Å². The van der Waals surface area contributed by atoms with E-state index in [1.807, 2.05) is 12.3 Å². The molecule has 0 spiro atoms. The monoisotopic (exact) mass is 360 g/mol. The van der Waals surface area contributed by atoms with Crippen molar-refractivity contribution < 1.29 is 0 Å². The zero-order valence-corrected chi connectivity index (χ0v) is 13.2. The maximum Gasteiger partial charge on any atom is 0.0716 e. The Hall–Kier alpha value is 0.0700. The van der Waals surface area contributed by atoms with Crippen LogP contribution in [0.3, 0.4) is 0 Å². The fourth-order valence-corrected chi connectivity index (χ4v) is 3.95. The highest BCUT2D eigenvalue weighted by molar-refractivity contribution is 9.11. The first-order valence-electron chi connectivity index (χ1n) is 6.14. The van der Waals surface area contributed by atoms with Crippen molar-refractivity contribution in [1.82, 2.24) is 4.98 Å². The van der Waals surface area contributed by atoms with E-state index in [4.69, 9.17) is 5.73 Å². The molecule has 1 fully saturated rings. The van der Waals surface area contributed by atoms with Crippen LogP contribution in [0, 0.1) is 11.8 Å². The van der Waals surface area contributed by atoms with Gasteiger partial charge in [0.25, 0.3) is 0 Å². The number of pyridine rings is 1. The second kappa shape index (κ2) is 5.81. The minimum atomic E-state index is 0.0558. The quantitative estimate of drug-likeness (QED) is 0.845. The van der Waals surface area contributed by atoms with Crippen molar-refractivity contribution in [1.29, 1.82) is 0 Å². The van der Waals surface area contributed by atoms with E-state index in [9.17, 15) is 0 Å². The molecule has 0 aliphatic heterocycles. The topological polar surface area (TPSA) is 38.9 Å². The maximum absolute atomic E-state index is 6.38. The number of aromatic nitrogens is 1. The van der Waals surface area contributed by atoms with E-state index < -0.39 is 0 Å². The number of halogens is 2. The SMILES string of the molecule is CC1CCCC(C(N)c2ncc(Br)cc2Br)C1. The largest absolute Gasteiger partial charge is 0.322 e. The second-order valence-corrected chi connectivity index (χ2v) is 6.85. The van der Waals surface area contributed by atoms with Crippen LogP contribution in [-0.4, -0.2) is 4.98 Å². The summed E-state index contributed by atoms with van der Waals surface area (Å²) in [5.74, 6) is 1.37. The van der Waals surface area contributed by atoms with Crippen molar-refractivity contribution >= 4 is 31.9 Å². The fourth-order valence-electron chi connectivity index (χ4n) is 2.70. The molecule has 17 heavy (non-hydrogen) atoms. The third kappa shape index (κ3) is 3.30. The Balaban J connectivity index is 2.15. The van der Waals surface area contributed by atoms with E-state index in [2.05, 4.69) is 43.8 Å². The van der Waals surface area contributed by atoms with Gasteiger partial charge in [-0.05, 0) is 62.6 Å². The van der Waals surface area contributed by atoms with Gasteiger partial charge in [0.15, 0.2) is 0 Å². The average Bonchev–Trinajstić information content (AvgIpc) is 2.28. The highest BCUT2D eigenvalue weighted by Crippen LogP contribution is 2.37. The summed E-state index contributed by atoms with van der Waals surface area (Å²) in [5, 5.41) is 0. The molecule has 0 saturated heterocycles. The van der Waals surface area contributed by atoms with Crippen LogP contribution >= 0.6 is 31.9 Å². The third-order valence-electron chi connectivity index (χ3n) is 3.64. The van der Waals surface area contributed by atoms with Crippen LogP contribution in [0.4, 0.5) is 0 Å². The fraction of sp³-hybridized carbons (Fsp3) is 0.615. The molecule has 1 aliphatic carbocycles. The summed E-state index contributed by atoms with van der Waals surface area (Å²) in [6.45, 7) is 2.32. The van der Waals surface area contributed by atoms with Crippen LogP contribution in [0.1, 0.15) is 44.3 Å². The number of nitrogens with two attached hydrogens (primary N) is 1. The number of rotatable bonds is 2. The van der Waals surface area contributed by atoms with Gasteiger partial charge in [-0.15, -0.1) is 0 Å². The van der Waals surface area contributed by atoms with Crippen LogP contribution < -0.4 is 5.73 Å². The molecule has 1 aromatic heterocycles. The zero-order chi connectivity index (χ0) is 12.4. The molecule has 4 heteroatoms. The lowest BCUT2D eigenvalue weighted by Gasteiger charge is -2.31. The van der Waals surface area contributed by atoms with Crippen LogP contribution in [0.5, 0.6) is 0 Å². The van der Waals surface area contributed by atoms with E-state index in [0.29, 0.717) is 5.92 Å². The van der Waals surface area contributed by atoms with Crippen LogP contribution in [0.15, 0.2) is 21.2 Å². The predicted molar refractivity (Wildman–Crippen MR) is 77.7 cm³/mol. The summed E-state index contributed by atoms with van der Waals surface area (Å²) in [6, 6.07) is 2.08. The van der Waals surface area contributed by atoms with Crippen molar-refractivity contribution in [2.75, 3.05) is 0 Å². The Morgan fingerprint density at radius 2 is 2.18 bits per heavy atom. The normalized spacial score (nSPS) is 26.8. The van der Waals surface area contributed by atoms with Crippen LogP contribution in [-0.2, 0) is 0 Å². The average molecular weight is 362 g/mol. The maximum atomic E-state index is 6.38. The molecule has 0 radical (unpaired) electrons. The Kier molecular flexibility index (Phi) is 4.61. The molecular formula is C13H18Br2N2. The van der Waals surface area contributed by atoms with Gasteiger partial charge in [-0.3, -0.25) is 4.98 Å². The van der Waals surface area contributed by atoms with Gasteiger partial charge in [0, 0.05) is 15.1 Å². The van der Waals surface area contributed by atoms with Crippen molar-refractivity contribution in [3.63, 3.8) is 0 Å². The van der Waals surface area contributed by atoms with E-state index in [1.54, 1.807) is 0 Å². The van der Waals surface area contributed by atoms with E-state index >= 15 is 0 Å². The number of nitrogens with zero attached hydrogens (tertiary/aromatic N) is 1. The van der Waals surface area contributed by atoms with Gasteiger partial charge in [-0.2, -0.15) is 0 Å². The highest BCUT2D eigenvalue weighted by Gasteiger charge is 2.27. The lowest BCUT2D eigenvalue weighted by atomic mass is 9.78. The summed E-state index contributed by atoms with van der Waals surface area (Å²) < 4.78 is 2.00. The van der Waals surface area contributed by atoms with Gasteiger partial charge in [-0.1, -0.05) is 19.8 Å². The third-order valence-corrected chi connectivity index (χ3v) is 4.71. The summed E-state index contributed by atoms with van der Waals surface area (Å²) in [4.78, 5) is 4.46. The summed E-state index contributed by atoms with van der Waals surface area (Å²) in [5.41, 5.74) is 7.37. The van der Waals surface area contributed by atoms with Gasteiger partial charge < -0.3 is 5.73 Å².